The zero-order valence-electron chi connectivity index (χ0n) is 12.1. The maximum atomic E-state index is 12.0. The Morgan fingerprint density at radius 2 is 1.90 bits per heavy atom. The van der Waals surface area contributed by atoms with Crippen LogP contribution < -0.4 is 10.1 Å². The monoisotopic (exact) mass is 395 g/mol. The third-order valence-corrected chi connectivity index (χ3v) is 3.55. The molecule has 110 valence electrons. The van der Waals surface area contributed by atoms with E-state index in [9.17, 15) is 4.79 Å². The largest absolute Gasteiger partial charge is 0.491 e. The summed E-state index contributed by atoms with van der Waals surface area (Å²) in [5.74, 6) is 0.757. The minimum atomic E-state index is -0.0680. The van der Waals surface area contributed by atoms with Crippen LogP contribution in [0.1, 0.15) is 29.8 Å². The molecule has 2 aromatic carbocycles. The van der Waals surface area contributed by atoms with Crippen molar-refractivity contribution in [2.45, 2.75) is 26.5 Å². The van der Waals surface area contributed by atoms with E-state index in [0.717, 1.165) is 14.9 Å². The predicted octanol–water partition coefficient (Wildman–Crippen LogP) is 4.01. The molecule has 0 unspecified atom stereocenters. The van der Waals surface area contributed by atoms with Gasteiger partial charge in [0.2, 0.25) is 0 Å². The van der Waals surface area contributed by atoms with Gasteiger partial charge in [-0.05, 0) is 78.4 Å². The molecule has 0 spiro atoms. The summed E-state index contributed by atoms with van der Waals surface area (Å²) in [7, 11) is 0. The molecule has 0 fully saturated rings. The highest BCUT2D eigenvalue weighted by Gasteiger charge is 2.05. The molecule has 0 bridgehead atoms. The minimum absolute atomic E-state index is 0.0680. The van der Waals surface area contributed by atoms with E-state index in [2.05, 4.69) is 27.9 Å². The molecule has 0 radical (unpaired) electrons. The van der Waals surface area contributed by atoms with Crippen molar-refractivity contribution in [3.8, 4) is 5.75 Å². The zero-order valence-corrected chi connectivity index (χ0v) is 14.3. The molecule has 2 aromatic rings. The maximum absolute atomic E-state index is 12.0. The minimum Gasteiger partial charge on any atom is -0.491 e. The molecule has 0 aromatic heterocycles. The van der Waals surface area contributed by atoms with Gasteiger partial charge in [-0.1, -0.05) is 12.1 Å². The number of ether oxygens (including phenoxy) is 1. The van der Waals surface area contributed by atoms with Gasteiger partial charge in [0.15, 0.2) is 0 Å². The summed E-state index contributed by atoms with van der Waals surface area (Å²) in [6.07, 6.45) is 0.140. The Hall–Kier alpha value is -1.56. The second-order valence-electron chi connectivity index (χ2n) is 5.00. The fraction of sp³-hybridized carbons (Fsp3) is 0.235. The van der Waals surface area contributed by atoms with Gasteiger partial charge in [-0.15, -0.1) is 0 Å². The van der Waals surface area contributed by atoms with Crippen LogP contribution in [0.4, 0.5) is 0 Å². The Bertz CT molecular complexity index is 608. The quantitative estimate of drug-likeness (QED) is 0.778. The van der Waals surface area contributed by atoms with Crippen LogP contribution in [0.15, 0.2) is 48.5 Å². The third kappa shape index (κ3) is 5.04. The SMILES string of the molecule is CC(C)Oc1cccc(CNC(=O)c2ccc(I)cc2)c1. The van der Waals surface area contributed by atoms with Crippen molar-refractivity contribution in [1.29, 1.82) is 0 Å². The number of amides is 1. The van der Waals surface area contributed by atoms with Crippen LogP contribution in [0.25, 0.3) is 0 Å². The smallest absolute Gasteiger partial charge is 0.251 e. The summed E-state index contributed by atoms with van der Waals surface area (Å²) >= 11 is 2.22. The molecule has 2 rings (SSSR count). The lowest BCUT2D eigenvalue weighted by Crippen LogP contribution is -2.22. The number of benzene rings is 2. The second-order valence-corrected chi connectivity index (χ2v) is 6.25. The fourth-order valence-corrected chi connectivity index (χ4v) is 2.25. The van der Waals surface area contributed by atoms with Gasteiger partial charge in [-0.2, -0.15) is 0 Å². The van der Waals surface area contributed by atoms with Crippen molar-refractivity contribution >= 4 is 28.5 Å². The molecule has 0 atom stereocenters. The lowest BCUT2D eigenvalue weighted by Gasteiger charge is -2.11. The van der Waals surface area contributed by atoms with Crippen molar-refractivity contribution in [2.75, 3.05) is 0 Å². The Morgan fingerprint density at radius 1 is 1.19 bits per heavy atom. The molecule has 21 heavy (non-hydrogen) atoms. The zero-order chi connectivity index (χ0) is 15.2. The Balaban J connectivity index is 1.96. The van der Waals surface area contributed by atoms with Crippen LogP contribution >= 0.6 is 22.6 Å². The first kappa shape index (κ1) is 15.8. The molecule has 0 aliphatic rings. The van der Waals surface area contributed by atoms with Crippen LogP contribution in [0.2, 0.25) is 0 Å². The average molecular weight is 395 g/mol. The topological polar surface area (TPSA) is 38.3 Å². The van der Waals surface area contributed by atoms with Crippen molar-refractivity contribution in [3.63, 3.8) is 0 Å². The molecule has 4 heteroatoms. The lowest BCUT2D eigenvalue weighted by atomic mass is 10.2. The summed E-state index contributed by atoms with van der Waals surface area (Å²) in [5.41, 5.74) is 1.69. The van der Waals surface area contributed by atoms with E-state index in [0.29, 0.717) is 12.1 Å². The number of hydrogen-bond acceptors (Lipinski definition) is 2. The molecule has 1 amide bonds. The van der Waals surface area contributed by atoms with Crippen molar-refractivity contribution in [1.82, 2.24) is 5.32 Å². The summed E-state index contributed by atoms with van der Waals surface area (Å²) < 4.78 is 6.76. The fourth-order valence-electron chi connectivity index (χ4n) is 1.89. The molecular formula is C17H18INO2. The van der Waals surface area contributed by atoms with E-state index in [1.54, 1.807) is 0 Å². The lowest BCUT2D eigenvalue weighted by molar-refractivity contribution is 0.0951. The average Bonchev–Trinajstić information content (AvgIpc) is 2.45. The van der Waals surface area contributed by atoms with Gasteiger partial charge in [-0.3, -0.25) is 4.79 Å². The molecule has 0 saturated heterocycles. The Morgan fingerprint density at radius 3 is 2.57 bits per heavy atom. The summed E-state index contributed by atoms with van der Waals surface area (Å²) in [6.45, 7) is 4.47. The molecule has 1 N–H and O–H groups in total. The van der Waals surface area contributed by atoms with E-state index in [1.807, 2.05) is 62.4 Å². The standard InChI is InChI=1S/C17H18INO2/c1-12(2)21-16-5-3-4-13(10-16)11-19-17(20)14-6-8-15(18)9-7-14/h3-10,12H,11H2,1-2H3,(H,19,20). The first-order chi connectivity index (χ1) is 10.0. The van der Waals surface area contributed by atoms with Gasteiger partial charge in [0, 0.05) is 15.7 Å². The summed E-state index contributed by atoms with van der Waals surface area (Å²) in [4.78, 5) is 12.0. The number of carbonyl (C=O) groups is 1. The first-order valence-electron chi connectivity index (χ1n) is 6.84. The van der Waals surface area contributed by atoms with E-state index < -0.39 is 0 Å². The van der Waals surface area contributed by atoms with E-state index in [-0.39, 0.29) is 12.0 Å². The molecule has 0 heterocycles. The van der Waals surface area contributed by atoms with Crippen LogP contribution in [-0.4, -0.2) is 12.0 Å². The van der Waals surface area contributed by atoms with Crippen LogP contribution in [0.3, 0.4) is 0 Å². The van der Waals surface area contributed by atoms with Gasteiger partial charge in [0.05, 0.1) is 6.10 Å². The highest BCUT2D eigenvalue weighted by molar-refractivity contribution is 14.1. The van der Waals surface area contributed by atoms with Crippen LogP contribution in [0.5, 0.6) is 5.75 Å². The highest BCUT2D eigenvalue weighted by atomic mass is 127. The molecule has 3 nitrogen and oxygen atoms in total. The van der Waals surface area contributed by atoms with E-state index >= 15 is 0 Å². The van der Waals surface area contributed by atoms with Gasteiger partial charge >= 0.3 is 0 Å². The number of hydrogen-bond donors (Lipinski definition) is 1. The molecule has 0 saturated carbocycles. The third-order valence-electron chi connectivity index (χ3n) is 2.83. The molecule has 0 aliphatic heterocycles. The normalized spacial score (nSPS) is 10.5. The van der Waals surface area contributed by atoms with Crippen molar-refractivity contribution in [2.24, 2.45) is 0 Å². The molecular weight excluding hydrogens is 377 g/mol. The predicted molar refractivity (Wildman–Crippen MR) is 92.5 cm³/mol. The maximum Gasteiger partial charge on any atom is 0.251 e. The number of rotatable bonds is 5. The van der Waals surface area contributed by atoms with Crippen molar-refractivity contribution in [3.05, 3.63) is 63.2 Å². The van der Waals surface area contributed by atoms with Crippen LogP contribution in [0, 0.1) is 3.57 Å². The van der Waals surface area contributed by atoms with Crippen molar-refractivity contribution < 1.29 is 9.53 Å². The number of halogens is 1. The van der Waals surface area contributed by atoms with Gasteiger partial charge in [0.25, 0.3) is 5.91 Å². The second kappa shape index (κ2) is 7.45. The summed E-state index contributed by atoms with van der Waals surface area (Å²) in [5, 5.41) is 2.92. The Labute approximate surface area is 138 Å². The number of nitrogens with one attached hydrogen (secondary N) is 1. The number of carbonyl (C=O) groups excluding carboxylic acids is 1. The van der Waals surface area contributed by atoms with Crippen LogP contribution in [-0.2, 0) is 6.54 Å². The highest BCUT2D eigenvalue weighted by Crippen LogP contribution is 2.15. The molecule has 0 aliphatic carbocycles. The van der Waals surface area contributed by atoms with Gasteiger partial charge in [-0.25, -0.2) is 0 Å². The van der Waals surface area contributed by atoms with Gasteiger partial charge in [0.1, 0.15) is 5.75 Å². The Kier molecular flexibility index (Phi) is 5.61. The van der Waals surface area contributed by atoms with E-state index in [4.69, 9.17) is 4.74 Å². The van der Waals surface area contributed by atoms with Gasteiger partial charge < -0.3 is 10.1 Å². The summed E-state index contributed by atoms with van der Waals surface area (Å²) in [6, 6.07) is 15.3. The van der Waals surface area contributed by atoms with E-state index in [1.165, 1.54) is 0 Å². The first-order valence-corrected chi connectivity index (χ1v) is 7.92.